The lowest BCUT2D eigenvalue weighted by molar-refractivity contribution is 0.0939. The number of nitrogen functional groups attached to an aromatic ring is 1. The fraction of sp³-hybridized carbons (Fsp3) is 0.188. The molecule has 0 bridgehead atoms. The molecule has 0 heterocycles. The van der Waals surface area contributed by atoms with Crippen molar-refractivity contribution in [3.05, 3.63) is 59.7 Å². The predicted octanol–water partition coefficient (Wildman–Crippen LogP) is 2.77. The largest absolute Gasteiger partial charge is 0.497 e. The molecule has 0 saturated heterocycles. The van der Waals surface area contributed by atoms with Gasteiger partial charge in [-0.1, -0.05) is 30.3 Å². The second-order valence-corrected chi connectivity index (χ2v) is 4.60. The first-order chi connectivity index (χ1) is 9.60. The summed E-state index contributed by atoms with van der Waals surface area (Å²) in [6.45, 7) is 1.94. The van der Waals surface area contributed by atoms with Crippen molar-refractivity contribution in [3.63, 3.8) is 0 Å². The molecule has 1 atom stereocenters. The minimum absolute atomic E-state index is 0.0730. The third kappa shape index (κ3) is 3.29. The highest BCUT2D eigenvalue weighted by atomic mass is 16.5. The summed E-state index contributed by atoms with van der Waals surface area (Å²) < 4.78 is 5.12. The van der Waals surface area contributed by atoms with Crippen LogP contribution in [0.5, 0.6) is 5.75 Å². The summed E-state index contributed by atoms with van der Waals surface area (Å²) in [5.41, 5.74) is 7.80. The lowest BCUT2D eigenvalue weighted by atomic mass is 10.1. The summed E-state index contributed by atoms with van der Waals surface area (Å²) in [5, 5.41) is 2.94. The number of amides is 1. The van der Waals surface area contributed by atoms with E-state index in [9.17, 15) is 4.79 Å². The zero-order chi connectivity index (χ0) is 14.5. The highest BCUT2D eigenvalue weighted by Crippen LogP contribution is 2.19. The Labute approximate surface area is 118 Å². The third-order valence-electron chi connectivity index (χ3n) is 3.07. The highest BCUT2D eigenvalue weighted by Gasteiger charge is 2.12. The first kappa shape index (κ1) is 13.9. The number of anilines is 1. The van der Waals surface area contributed by atoms with Crippen LogP contribution in [0.15, 0.2) is 48.5 Å². The van der Waals surface area contributed by atoms with Crippen LogP contribution in [-0.2, 0) is 0 Å². The van der Waals surface area contributed by atoms with Crippen molar-refractivity contribution >= 4 is 11.6 Å². The van der Waals surface area contributed by atoms with E-state index in [-0.39, 0.29) is 11.9 Å². The topological polar surface area (TPSA) is 64.3 Å². The molecule has 3 N–H and O–H groups in total. The molecule has 1 unspecified atom stereocenters. The number of hydrogen-bond acceptors (Lipinski definition) is 3. The highest BCUT2D eigenvalue weighted by molar-refractivity contribution is 5.95. The van der Waals surface area contributed by atoms with E-state index in [1.165, 1.54) is 0 Å². The molecule has 0 fully saturated rings. The SMILES string of the molecule is COc1cc(N)cc(C(=O)NC(C)c2ccccc2)c1. The number of carbonyl (C=O) groups excluding carboxylic acids is 1. The number of carbonyl (C=O) groups is 1. The van der Waals surface area contributed by atoms with Crippen LogP contribution in [0.25, 0.3) is 0 Å². The second kappa shape index (κ2) is 6.10. The molecule has 0 radical (unpaired) electrons. The molecular weight excluding hydrogens is 252 g/mol. The van der Waals surface area contributed by atoms with Gasteiger partial charge in [0.2, 0.25) is 0 Å². The summed E-state index contributed by atoms with van der Waals surface area (Å²) in [6, 6.07) is 14.7. The lowest BCUT2D eigenvalue weighted by Gasteiger charge is -2.15. The summed E-state index contributed by atoms with van der Waals surface area (Å²) in [6.07, 6.45) is 0. The molecule has 0 aliphatic rings. The van der Waals surface area contributed by atoms with E-state index >= 15 is 0 Å². The number of ether oxygens (including phenoxy) is 1. The average molecular weight is 270 g/mol. The maximum absolute atomic E-state index is 12.2. The van der Waals surface area contributed by atoms with E-state index in [0.717, 1.165) is 5.56 Å². The van der Waals surface area contributed by atoms with Crippen LogP contribution in [0.1, 0.15) is 28.9 Å². The van der Waals surface area contributed by atoms with E-state index in [1.54, 1.807) is 25.3 Å². The quantitative estimate of drug-likeness (QED) is 0.840. The van der Waals surface area contributed by atoms with E-state index in [4.69, 9.17) is 10.5 Å². The zero-order valence-corrected chi connectivity index (χ0v) is 11.6. The van der Waals surface area contributed by atoms with Gasteiger partial charge in [0, 0.05) is 17.3 Å². The van der Waals surface area contributed by atoms with Crippen LogP contribution in [0.2, 0.25) is 0 Å². The summed E-state index contributed by atoms with van der Waals surface area (Å²) in [4.78, 5) is 12.2. The van der Waals surface area contributed by atoms with Crippen LogP contribution < -0.4 is 15.8 Å². The number of rotatable bonds is 4. The Balaban J connectivity index is 2.14. The van der Waals surface area contributed by atoms with Gasteiger partial charge in [-0.25, -0.2) is 0 Å². The Hall–Kier alpha value is -2.49. The zero-order valence-electron chi connectivity index (χ0n) is 11.6. The van der Waals surface area contributed by atoms with Crippen molar-refractivity contribution < 1.29 is 9.53 Å². The number of methoxy groups -OCH3 is 1. The number of nitrogens with one attached hydrogen (secondary N) is 1. The normalized spacial score (nSPS) is 11.7. The molecule has 2 rings (SSSR count). The summed E-state index contributed by atoms with van der Waals surface area (Å²) in [5.74, 6) is 0.398. The summed E-state index contributed by atoms with van der Waals surface area (Å²) >= 11 is 0. The van der Waals surface area contributed by atoms with Crippen LogP contribution in [0.3, 0.4) is 0 Å². The standard InChI is InChI=1S/C16H18N2O2/c1-11(12-6-4-3-5-7-12)18-16(19)13-8-14(17)10-15(9-13)20-2/h3-11H,17H2,1-2H3,(H,18,19). The van der Waals surface area contributed by atoms with Gasteiger partial charge in [0.25, 0.3) is 5.91 Å². The Morgan fingerprint density at radius 1 is 1.20 bits per heavy atom. The molecular formula is C16H18N2O2. The van der Waals surface area contributed by atoms with Gasteiger partial charge in [0.05, 0.1) is 13.2 Å². The van der Waals surface area contributed by atoms with E-state index < -0.39 is 0 Å². The molecule has 4 nitrogen and oxygen atoms in total. The van der Waals surface area contributed by atoms with Crippen molar-refractivity contribution in [2.24, 2.45) is 0 Å². The van der Waals surface area contributed by atoms with Crippen LogP contribution in [0.4, 0.5) is 5.69 Å². The smallest absolute Gasteiger partial charge is 0.251 e. The minimum atomic E-state index is -0.174. The Bertz CT molecular complexity index is 597. The van der Waals surface area contributed by atoms with Gasteiger partial charge in [0.15, 0.2) is 0 Å². The number of hydrogen-bond donors (Lipinski definition) is 2. The molecule has 0 spiro atoms. The molecule has 0 saturated carbocycles. The van der Waals surface area contributed by atoms with Gasteiger partial charge in [-0.05, 0) is 24.6 Å². The molecule has 1 amide bonds. The first-order valence-corrected chi connectivity index (χ1v) is 6.40. The average Bonchev–Trinajstić information content (AvgIpc) is 2.47. The first-order valence-electron chi connectivity index (χ1n) is 6.40. The molecule has 0 aromatic heterocycles. The van der Waals surface area contributed by atoms with Crippen molar-refractivity contribution in [2.75, 3.05) is 12.8 Å². The third-order valence-corrected chi connectivity index (χ3v) is 3.07. The number of benzene rings is 2. The molecule has 2 aromatic carbocycles. The van der Waals surface area contributed by atoms with Crippen molar-refractivity contribution in [1.82, 2.24) is 5.32 Å². The van der Waals surface area contributed by atoms with Crippen molar-refractivity contribution in [2.45, 2.75) is 13.0 Å². The number of nitrogens with two attached hydrogens (primary N) is 1. The monoisotopic (exact) mass is 270 g/mol. The summed E-state index contributed by atoms with van der Waals surface area (Å²) in [7, 11) is 1.54. The lowest BCUT2D eigenvalue weighted by Crippen LogP contribution is -2.26. The van der Waals surface area contributed by atoms with Gasteiger partial charge < -0.3 is 15.8 Å². The maximum atomic E-state index is 12.2. The molecule has 104 valence electrons. The van der Waals surface area contributed by atoms with Gasteiger partial charge in [-0.2, -0.15) is 0 Å². The molecule has 2 aromatic rings. The van der Waals surface area contributed by atoms with Crippen LogP contribution in [0, 0.1) is 0 Å². The fourth-order valence-corrected chi connectivity index (χ4v) is 1.98. The minimum Gasteiger partial charge on any atom is -0.497 e. The Morgan fingerprint density at radius 3 is 2.55 bits per heavy atom. The van der Waals surface area contributed by atoms with Gasteiger partial charge in [-0.3, -0.25) is 4.79 Å². The maximum Gasteiger partial charge on any atom is 0.251 e. The molecule has 20 heavy (non-hydrogen) atoms. The molecule has 0 aliphatic heterocycles. The van der Waals surface area contributed by atoms with Crippen LogP contribution >= 0.6 is 0 Å². The van der Waals surface area contributed by atoms with Crippen LogP contribution in [-0.4, -0.2) is 13.0 Å². The predicted molar refractivity (Wildman–Crippen MR) is 79.7 cm³/mol. The Morgan fingerprint density at radius 2 is 1.90 bits per heavy atom. The van der Waals surface area contributed by atoms with E-state index in [1.807, 2.05) is 37.3 Å². The fourth-order valence-electron chi connectivity index (χ4n) is 1.98. The van der Waals surface area contributed by atoms with Gasteiger partial charge in [0.1, 0.15) is 5.75 Å². The van der Waals surface area contributed by atoms with Crippen molar-refractivity contribution in [1.29, 1.82) is 0 Å². The molecule has 4 heteroatoms. The Kier molecular flexibility index (Phi) is 4.25. The van der Waals surface area contributed by atoms with Gasteiger partial charge >= 0.3 is 0 Å². The van der Waals surface area contributed by atoms with Gasteiger partial charge in [-0.15, -0.1) is 0 Å². The molecule has 0 aliphatic carbocycles. The van der Waals surface area contributed by atoms with E-state index in [2.05, 4.69) is 5.32 Å². The van der Waals surface area contributed by atoms with Crippen molar-refractivity contribution in [3.8, 4) is 5.75 Å². The van der Waals surface area contributed by atoms with E-state index in [0.29, 0.717) is 17.0 Å². The second-order valence-electron chi connectivity index (χ2n) is 4.60.